The highest BCUT2D eigenvalue weighted by Gasteiger charge is 2.23. The first-order valence-electron chi connectivity index (χ1n) is 12.4. The third-order valence-electron chi connectivity index (χ3n) is 5.86. The van der Waals surface area contributed by atoms with Gasteiger partial charge in [0.05, 0.1) is 18.0 Å². The maximum absolute atomic E-state index is 14.2. The molecular formula is C29H25FN4O5S. The van der Waals surface area contributed by atoms with Gasteiger partial charge in [-0.15, -0.1) is 11.8 Å². The Morgan fingerprint density at radius 3 is 2.38 bits per heavy atom. The van der Waals surface area contributed by atoms with E-state index in [1.165, 1.54) is 34.5 Å². The Kier molecular flexibility index (Phi) is 7.83. The third-order valence-corrected chi connectivity index (χ3v) is 6.54. The molecule has 2 heterocycles. The molecule has 0 fully saturated rings. The molecule has 11 heteroatoms. The first-order valence-corrected chi connectivity index (χ1v) is 13.6. The summed E-state index contributed by atoms with van der Waals surface area (Å²) in [6, 6.07) is 21.3. The third kappa shape index (κ3) is 5.41. The van der Waals surface area contributed by atoms with Gasteiger partial charge in [-0.05, 0) is 74.7 Å². The Bertz CT molecular complexity index is 1720. The second-order valence-electron chi connectivity index (χ2n) is 8.56. The zero-order chi connectivity index (χ0) is 28.2. The topological polar surface area (TPSA) is 97.5 Å². The largest absolute Gasteiger partial charge is 0.479 e. The van der Waals surface area contributed by atoms with Crippen LogP contribution in [0.4, 0.5) is 4.39 Å². The first kappa shape index (κ1) is 26.9. The van der Waals surface area contributed by atoms with Crippen LogP contribution in [0.1, 0.15) is 13.8 Å². The summed E-state index contributed by atoms with van der Waals surface area (Å²) < 4.78 is 33.8. The number of ether oxygens (including phenoxy) is 3. The highest BCUT2D eigenvalue weighted by molar-refractivity contribution is 7.98. The van der Waals surface area contributed by atoms with Gasteiger partial charge >= 0.3 is 12.0 Å². The molecule has 5 rings (SSSR count). The summed E-state index contributed by atoms with van der Waals surface area (Å²) in [6.45, 7) is 3.57. The van der Waals surface area contributed by atoms with Gasteiger partial charge in [0.15, 0.2) is 11.8 Å². The van der Waals surface area contributed by atoms with E-state index in [0.717, 1.165) is 0 Å². The van der Waals surface area contributed by atoms with Crippen molar-refractivity contribution in [3.8, 4) is 28.9 Å². The lowest BCUT2D eigenvalue weighted by molar-refractivity contribution is -0.150. The molecule has 0 radical (unpaired) electrons. The Labute approximate surface area is 233 Å². The van der Waals surface area contributed by atoms with E-state index in [9.17, 15) is 14.0 Å². The second kappa shape index (κ2) is 11.6. The summed E-state index contributed by atoms with van der Waals surface area (Å²) >= 11 is 1.31. The molecule has 1 unspecified atom stereocenters. The number of nitrogens with zero attached hydrogens (tertiary/aromatic N) is 4. The van der Waals surface area contributed by atoms with E-state index in [1.807, 2.05) is 36.6 Å². The predicted octanol–water partition coefficient (Wildman–Crippen LogP) is 5.56. The number of esters is 1. The number of aromatic nitrogens is 4. The van der Waals surface area contributed by atoms with Crippen LogP contribution in [-0.2, 0) is 9.53 Å². The van der Waals surface area contributed by atoms with E-state index >= 15 is 0 Å². The molecule has 0 N–H and O–H groups in total. The normalized spacial score (nSPS) is 11.8. The summed E-state index contributed by atoms with van der Waals surface area (Å²) in [5.41, 5.74) is 0.801. The summed E-state index contributed by atoms with van der Waals surface area (Å²) in [4.78, 5) is 30.6. The molecule has 0 spiro atoms. The molecule has 0 saturated carbocycles. The van der Waals surface area contributed by atoms with Gasteiger partial charge in [0.25, 0.3) is 5.56 Å². The van der Waals surface area contributed by atoms with Gasteiger partial charge in [-0.25, -0.2) is 18.4 Å². The van der Waals surface area contributed by atoms with Crippen molar-refractivity contribution in [2.75, 3.05) is 12.9 Å². The van der Waals surface area contributed by atoms with Gasteiger partial charge < -0.3 is 14.2 Å². The summed E-state index contributed by atoms with van der Waals surface area (Å²) in [6.07, 6.45) is 1.03. The van der Waals surface area contributed by atoms with Gasteiger partial charge in [-0.3, -0.25) is 4.79 Å². The number of thioether (sulfide) groups is 1. The van der Waals surface area contributed by atoms with Gasteiger partial charge in [0, 0.05) is 0 Å². The van der Waals surface area contributed by atoms with Crippen LogP contribution in [0, 0.1) is 5.82 Å². The second-order valence-corrected chi connectivity index (χ2v) is 9.35. The molecule has 0 aliphatic heterocycles. The quantitative estimate of drug-likeness (QED) is 0.171. The summed E-state index contributed by atoms with van der Waals surface area (Å²) in [5, 5.41) is 5.38. The zero-order valence-corrected chi connectivity index (χ0v) is 22.7. The van der Waals surface area contributed by atoms with Crippen molar-refractivity contribution < 1.29 is 23.4 Å². The molecule has 3 aromatic carbocycles. The maximum atomic E-state index is 14.2. The molecular weight excluding hydrogens is 535 g/mol. The lowest BCUT2D eigenvalue weighted by Gasteiger charge is -2.15. The highest BCUT2D eigenvalue weighted by Crippen LogP contribution is 2.30. The lowest BCUT2D eigenvalue weighted by atomic mass is 10.3. The minimum Gasteiger partial charge on any atom is -0.479 e. The average Bonchev–Trinajstić information content (AvgIpc) is 3.34. The Morgan fingerprint density at radius 2 is 1.70 bits per heavy atom. The number of carbonyl (C=O) groups excluding carboxylic acids is 1. The number of rotatable bonds is 9. The van der Waals surface area contributed by atoms with Crippen LogP contribution < -0.4 is 15.0 Å². The van der Waals surface area contributed by atoms with Crippen molar-refractivity contribution in [3.05, 3.63) is 95.0 Å². The SMILES string of the molecule is CCOC(=O)C(C)Oc1ccc(Oc2nc3c(c(SC)nn3-c3ccccc3)c(=O)n2-c2cccc(F)c2)cc1. The van der Waals surface area contributed by atoms with Crippen LogP contribution in [-0.4, -0.2) is 44.3 Å². The molecule has 1 atom stereocenters. The van der Waals surface area contributed by atoms with Crippen molar-refractivity contribution in [2.24, 2.45) is 0 Å². The number of benzene rings is 3. The van der Waals surface area contributed by atoms with E-state index in [-0.39, 0.29) is 23.7 Å². The van der Waals surface area contributed by atoms with Crippen LogP contribution in [0.3, 0.4) is 0 Å². The van der Waals surface area contributed by atoms with E-state index in [4.69, 9.17) is 19.2 Å². The highest BCUT2D eigenvalue weighted by atomic mass is 32.2. The van der Waals surface area contributed by atoms with Crippen molar-refractivity contribution in [1.29, 1.82) is 0 Å². The summed E-state index contributed by atoms with van der Waals surface area (Å²) in [7, 11) is 0. The number of fused-ring (bicyclic) bond motifs is 1. The molecule has 40 heavy (non-hydrogen) atoms. The maximum Gasteiger partial charge on any atom is 0.347 e. The van der Waals surface area contributed by atoms with Crippen LogP contribution in [0.2, 0.25) is 0 Å². The molecule has 204 valence electrons. The fourth-order valence-electron chi connectivity index (χ4n) is 4.03. The van der Waals surface area contributed by atoms with Crippen molar-refractivity contribution in [1.82, 2.24) is 19.3 Å². The van der Waals surface area contributed by atoms with Crippen LogP contribution in [0.15, 0.2) is 88.7 Å². The number of carbonyl (C=O) groups is 1. The van der Waals surface area contributed by atoms with Crippen LogP contribution in [0.25, 0.3) is 22.4 Å². The number of para-hydroxylation sites is 1. The number of hydrogen-bond acceptors (Lipinski definition) is 8. The van der Waals surface area contributed by atoms with E-state index in [0.29, 0.717) is 27.9 Å². The van der Waals surface area contributed by atoms with E-state index in [2.05, 4.69) is 5.10 Å². The lowest BCUT2D eigenvalue weighted by Crippen LogP contribution is -2.26. The fourth-order valence-corrected chi connectivity index (χ4v) is 4.57. The van der Waals surface area contributed by atoms with E-state index in [1.54, 1.807) is 48.9 Å². The van der Waals surface area contributed by atoms with Crippen molar-refractivity contribution in [3.63, 3.8) is 0 Å². The number of halogens is 1. The Morgan fingerprint density at radius 1 is 1.00 bits per heavy atom. The van der Waals surface area contributed by atoms with Crippen LogP contribution >= 0.6 is 11.8 Å². The molecule has 5 aromatic rings. The first-order chi connectivity index (χ1) is 19.4. The predicted molar refractivity (Wildman–Crippen MR) is 149 cm³/mol. The molecule has 2 aromatic heterocycles. The zero-order valence-electron chi connectivity index (χ0n) is 21.9. The number of hydrogen-bond donors (Lipinski definition) is 0. The van der Waals surface area contributed by atoms with Gasteiger partial charge in [-0.1, -0.05) is 24.3 Å². The molecule has 0 aliphatic carbocycles. The minimum absolute atomic E-state index is 0.0820. The Balaban J connectivity index is 1.61. The van der Waals surface area contributed by atoms with Crippen LogP contribution in [0.5, 0.6) is 17.5 Å². The van der Waals surface area contributed by atoms with Gasteiger partial charge in [0.1, 0.15) is 27.7 Å². The molecule has 0 saturated heterocycles. The standard InChI is InChI=1S/C29H25FN4O5S/c1-4-37-28(36)18(2)38-22-13-15-23(16-14-22)39-29-31-25-24(27(35)33(29)21-12-8-9-19(30)17-21)26(40-3)32-34(25)20-10-6-5-7-11-20/h5-18H,4H2,1-3H3. The smallest absolute Gasteiger partial charge is 0.347 e. The minimum atomic E-state index is -0.794. The molecule has 0 bridgehead atoms. The van der Waals surface area contributed by atoms with Gasteiger partial charge in [-0.2, -0.15) is 10.1 Å². The van der Waals surface area contributed by atoms with Crippen molar-refractivity contribution >= 4 is 28.8 Å². The van der Waals surface area contributed by atoms with Gasteiger partial charge in [0.2, 0.25) is 0 Å². The Hall–Kier alpha value is -4.64. The summed E-state index contributed by atoms with van der Waals surface area (Å²) in [5.74, 6) is -0.231. The monoisotopic (exact) mass is 560 g/mol. The molecule has 9 nitrogen and oxygen atoms in total. The fraction of sp³-hybridized carbons (Fsp3) is 0.172. The van der Waals surface area contributed by atoms with E-state index < -0.39 is 23.4 Å². The average molecular weight is 561 g/mol. The molecule has 0 aliphatic rings. The van der Waals surface area contributed by atoms with Crippen molar-refractivity contribution in [2.45, 2.75) is 25.0 Å². The molecule has 0 amide bonds.